The molecule has 31 heavy (non-hydrogen) atoms. The number of nitrogens with zero attached hydrogens (tertiary/aromatic N) is 1. The van der Waals surface area contributed by atoms with Crippen LogP contribution in [0.4, 0.5) is 0 Å². The van der Waals surface area contributed by atoms with Gasteiger partial charge in [-0.2, -0.15) is 0 Å². The fourth-order valence-corrected chi connectivity index (χ4v) is 10.8. The molecule has 0 N–H and O–H groups in total. The Morgan fingerprint density at radius 1 is 0.516 bits per heavy atom. The van der Waals surface area contributed by atoms with E-state index in [0.29, 0.717) is 0 Å². The van der Waals surface area contributed by atoms with Crippen LogP contribution in [0.2, 0.25) is 0 Å². The molecule has 0 bridgehead atoms. The van der Waals surface area contributed by atoms with Crippen molar-refractivity contribution in [2.24, 2.45) is 0 Å². The molecular formula is C29H21NSi. The van der Waals surface area contributed by atoms with Crippen LogP contribution >= 0.6 is 0 Å². The van der Waals surface area contributed by atoms with Gasteiger partial charge in [-0.05, 0) is 39.1 Å². The molecule has 7 rings (SSSR count). The first-order valence-corrected chi connectivity index (χ1v) is 13.1. The molecule has 0 aliphatic carbocycles. The molecule has 0 fully saturated rings. The molecule has 0 saturated heterocycles. The van der Waals surface area contributed by atoms with Crippen LogP contribution in [0.25, 0.3) is 27.2 Å². The highest BCUT2D eigenvalue weighted by Gasteiger charge is 2.44. The van der Waals surface area contributed by atoms with Gasteiger partial charge in [0.05, 0.1) is 11.0 Å². The zero-order valence-corrected chi connectivity index (χ0v) is 18.1. The van der Waals surface area contributed by atoms with Gasteiger partial charge in [0, 0.05) is 16.5 Å². The van der Waals surface area contributed by atoms with E-state index in [1.165, 1.54) is 48.4 Å². The van der Waals surface area contributed by atoms with Crippen molar-refractivity contribution in [1.29, 1.82) is 0 Å². The fraction of sp³-hybridized carbons (Fsp3) is 0.0345. The van der Waals surface area contributed by atoms with Gasteiger partial charge in [0.2, 0.25) is 0 Å². The zero-order chi connectivity index (χ0) is 20.4. The van der Waals surface area contributed by atoms with E-state index in [-0.39, 0.29) is 0 Å². The van der Waals surface area contributed by atoms with Crippen LogP contribution in [-0.2, 0) is 6.04 Å². The summed E-state index contributed by atoms with van der Waals surface area (Å²) in [7, 11) is -2.23. The highest BCUT2D eigenvalue weighted by atomic mass is 28.3. The lowest BCUT2D eigenvalue weighted by atomic mass is 10.0. The number of para-hydroxylation sites is 1. The molecule has 0 spiro atoms. The number of aromatic nitrogens is 1. The minimum absolute atomic E-state index is 1.08. The van der Waals surface area contributed by atoms with Crippen LogP contribution in [0.1, 0.15) is 5.69 Å². The normalized spacial score (nSPS) is 14.6. The summed E-state index contributed by atoms with van der Waals surface area (Å²) in [5.41, 5.74) is 4.17. The van der Waals surface area contributed by atoms with E-state index in [9.17, 15) is 0 Å². The summed E-state index contributed by atoms with van der Waals surface area (Å²) in [6.07, 6.45) is 0. The van der Waals surface area contributed by atoms with Crippen molar-refractivity contribution in [3.63, 3.8) is 0 Å². The summed E-state index contributed by atoms with van der Waals surface area (Å²) >= 11 is 0. The van der Waals surface area contributed by atoms with E-state index in [1.54, 1.807) is 0 Å². The molecule has 146 valence electrons. The first-order valence-electron chi connectivity index (χ1n) is 10.9. The third kappa shape index (κ3) is 2.15. The van der Waals surface area contributed by atoms with Crippen LogP contribution in [0.15, 0.2) is 115 Å². The zero-order valence-electron chi connectivity index (χ0n) is 17.1. The van der Waals surface area contributed by atoms with Crippen LogP contribution < -0.4 is 15.6 Å². The molecule has 1 aliphatic rings. The molecule has 0 amide bonds. The summed E-state index contributed by atoms with van der Waals surface area (Å²) < 4.78 is 2.55. The lowest BCUT2D eigenvalue weighted by Gasteiger charge is -2.38. The second-order valence-electron chi connectivity index (χ2n) is 8.61. The maximum absolute atomic E-state index is 2.55. The monoisotopic (exact) mass is 411 g/mol. The van der Waals surface area contributed by atoms with Crippen LogP contribution in [-0.4, -0.2) is 12.5 Å². The third-order valence-corrected chi connectivity index (χ3v) is 12.0. The molecule has 0 radical (unpaired) electrons. The Morgan fingerprint density at radius 2 is 1.13 bits per heavy atom. The van der Waals surface area contributed by atoms with Gasteiger partial charge in [0.1, 0.15) is 0 Å². The number of benzene rings is 4. The second kappa shape index (κ2) is 6.19. The molecule has 1 nitrogen and oxygen atoms in total. The number of rotatable bonds is 2. The van der Waals surface area contributed by atoms with E-state index < -0.39 is 8.07 Å². The van der Waals surface area contributed by atoms with Gasteiger partial charge in [0.15, 0.2) is 8.07 Å². The third-order valence-electron chi connectivity index (χ3n) is 7.15. The Bertz CT molecular complexity index is 1560. The van der Waals surface area contributed by atoms with Crippen molar-refractivity contribution in [3.05, 3.63) is 121 Å². The standard InChI is InChI=1S/C29H21NSi/c1-3-10-22(11-4-1)31(23-12-5-2-6-13-23)20-21-18-19-27-25-15-8-7-14-24(25)26-16-9-17-28(31)29(26)30(21)27/h1-19H,20H2. The molecular weight excluding hydrogens is 390 g/mol. The number of hydrogen-bond acceptors (Lipinski definition) is 0. The lowest BCUT2D eigenvalue weighted by molar-refractivity contribution is 1.11. The van der Waals surface area contributed by atoms with Gasteiger partial charge in [-0.1, -0.05) is 103 Å². The molecule has 0 saturated carbocycles. The van der Waals surface area contributed by atoms with Gasteiger partial charge >= 0.3 is 0 Å². The summed E-state index contributed by atoms with van der Waals surface area (Å²) in [4.78, 5) is 0. The van der Waals surface area contributed by atoms with Gasteiger partial charge < -0.3 is 4.40 Å². The predicted molar refractivity (Wildman–Crippen MR) is 134 cm³/mol. The summed E-state index contributed by atoms with van der Waals surface area (Å²) in [6.45, 7) is 0. The first kappa shape index (κ1) is 17.1. The van der Waals surface area contributed by atoms with E-state index in [4.69, 9.17) is 0 Å². The maximum atomic E-state index is 2.55. The van der Waals surface area contributed by atoms with E-state index in [1.807, 2.05) is 0 Å². The topological polar surface area (TPSA) is 4.41 Å². The summed E-state index contributed by atoms with van der Waals surface area (Å²) in [5, 5.41) is 8.56. The quantitative estimate of drug-likeness (QED) is 0.284. The molecule has 1 aliphatic heterocycles. The molecule has 2 heteroatoms. The van der Waals surface area contributed by atoms with Gasteiger partial charge in [-0.3, -0.25) is 0 Å². The van der Waals surface area contributed by atoms with Crippen molar-refractivity contribution in [2.75, 3.05) is 0 Å². The average molecular weight is 412 g/mol. The number of hydrogen-bond donors (Lipinski definition) is 0. The Labute approximate surface area is 182 Å². The second-order valence-corrected chi connectivity index (χ2v) is 12.5. The van der Waals surface area contributed by atoms with Crippen molar-refractivity contribution in [3.8, 4) is 0 Å². The van der Waals surface area contributed by atoms with Crippen LogP contribution in [0, 0.1) is 0 Å². The van der Waals surface area contributed by atoms with E-state index >= 15 is 0 Å². The Morgan fingerprint density at radius 3 is 1.84 bits per heavy atom. The van der Waals surface area contributed by atoms with Crippen molar-refractivity contribution in [2.45, 2.75) is 6.04 Å². The average Bonchev–Trinajstić information content (AvgIpc) is 3.29. The lowest BCUT2D eigenvalue weighted by Crippen LogP contribution is -2.70. The molecule has 0 unspecified atom stereocenters. The van der Waals surface area contributed by atoms with Crippen LogP contribution in [0.3, 0.4) is 0 Å². The maximum Gasteiger partial charge on any atom is 0.156 e. The molecule has 2 aromatic heterocycles. The summed E-state index contributed by atoms with van der Waals surface area (Å²) in [6, 6.07) is 44.2. The van der Waals surface area contributed by atoms with E-state index in [2.05, 4.69) is 120 Å². The molecule has 3 heterocycles. The fourth-order valence-electron chi connectivity index (χ4n) is 5.87. The van der Waals surface area contributed by atoms with Gasteiger partial charge in [-0.25, -0.2) is 0 Å². The molecule has 6 aromatic rings. The highest BCUT2D eigenvalue weighted by Crippen LogP contribution is 2.34. The SMILES string of the molecule is c1ccc([Si]2(c3ccccc3)Cc3ccc4c5ccccc5c5cccc2c5n34)cc1. The van der Waals surface area contributed by atoms with Crippen molar-refractivity contribution >= 4 is 50.8 Å². The first-order chi connectivity index (χ1) is 15.4. The minimum atomic E-state index is -2.23. The Hall–Kier alpha value is -3.62. The number of fused-ring (bicyclic) bond motifs is 3. The summed E-state index contributed by atoms with van der Waals surface area (Å²) in [5.74, 6) is 0. The largest absolute Gasteiger partial charge is 0.313 e. The Balaban J connectivity index is 1.73. The van der Waals surface area contributed by atoms with Crippen molar-refractivity contribution in [1.82, 2.24) is 4.40 Å². The predicted octanol–water partition coefficient (Wildman–Crippen LogP) is 4.81. The number of pyridine rings is 1. The minimum Gasteiger partial charge on any atom is -0.313 e. The van der Waals surface area contributed by atoms with Gasteiger partial charge in [-0.15, -0.1) is 0 Å². The smallest absolute Gasteiger partial charge is 0.156 e. The van der Waals surface area contributed by atoms with Crippen LogP contribution in [0.5, 0.6) is 0 Å². The highest BCUT2D eigenvalue weighted by molar-refractivity contribution is 7.12. The molecule has 4 aromatic carbocycles. The van der Waals surface area contributed by atoms with Crippen molar-refractivity contribution < 1.29 is 0 Å². The van der Waals surface area contributed by atoms with E-state index in [0.717, 1.165) is 6.04 Å². The molecule has 0 atom stereocenters. The van der Waals surface area contributed by atoms with Gasteiger partial charge in [0.25, 0.3) is 0 Å². The Kier molecular flexibility index (Phi) is 3.42.